The van der Waals surface area contributed by atoms with E-state index in [4.69, 9.17) is 4.74 Å². The van der Waals surface area contributed by atoms with E-state index in [1.807, 2.05) is 0 Å². The second-order valence-corrected chi connectivity index (χ2v) is 6.08. The Morgan fingerprint density at radius 3 is 2.32 bits per heavy atom. The molecule has 1 N–H and O–H groups in total. The lowest BCUT2D eigenvalue weighted by Gasteiger charge is -2.09. The molecule has 0 aliphatic carbocycles. The van der Waals surface area contributed by atoms with Crippen LogP contribution in [0.1, 0.15) is 27.8 Å². The topological polar surface area (TPSA) is 107 Å². The summed E-state index contributed by atoms with van der Waals surface area (Å²) in [6, 6.07) is 12.9. The van der Waals surface area contributed by atoms with Crippen LogP contribution in [0.5, 0.6) is 0 Å². The van der Waals surface area contributed by atoms with E-state index in [0.717, 1.165) is 4.68 Å². The second kappa shape index (κ2) is 7.83. The summed E-state index contributed by atoms with van der Waals surface area (Å²) in [7, 11) is 1.43. The highest BCUT2D eigenvalue weighted by Crippen LogP contribution is 2.14. The summed E-state index contributed by atoms with van der Waals surface area (Å²) in [5.74, 6) is -1.43. The number of aromatic nitrogens is 2. The van der Waals surface area contributed by atoms with Crippen LogP contribution in [0.2, 0.25) is 0 Å². The van der Waals surface area contributed by atoms with Gasteiger partial charge in [0.25, 0.3) is 11.5 Å². The van der Waals surface area contributed by atoms with Crippen molar-refractivity contribution in [3.63, 3.8) is 0 Å². The lowest BCUT2D eigenvalue weighted by Crippen LogP contribution is -2.26. The van der Waals surface area contributed by atoms with Gasteiger partial charge in [-0.05, 0) is 37.3 Å². The summed E-state index contributed by atoms with van der Waals surface area (Å²) in [6.45, 7) is 0.927. The van der Waals surface area contributed by atoms with Crippen molar-refractivity contribution < 1.29 is 19.1 Å². The number of rotatable bonds is 5. The highest BCUT2D eigenvalue weighted by atomic mass is 16.5. The molecule has 3 rings (SSSR count). The van der Waals surface area contributed by atoms with Gasteiger partial charge in [-0.3, -0.25) is 14.4 Å². The minimum atomic E-state index is -0.811. The van der Waals surface area contributed by atoms with Crippen LogP contribution in [0.3, 0.4) is 0 Å². The van der Waals surface area contributed by atoms with Gasteiger partial charge in [0.05, 0.1) is 5.39 Å². The van der Waals surface area contributed by atoms with Crippen LogP contribution in [-0.4, -0.2) is 34.0 Å². The highest BCUT2D eigenvalue weighted by Gasteiger charge is 2.18. The number of nitrogens with zero attached hydrogens (tertiary/aromatic N) is 2. The molecule has 142 valence electrons. The van der Waals surface area contributed by atoms with Gasteiger partial charge in [-0.25, -0.2) is 9.48 Å². The van der Waals surface area contributed by atoms with E-state index in [2.05, 4.69) is 10.4 Å². The minimum absolute atomic E-state index is 0.0451. The Balaban J connectivity index is 1.69. The second-order valence-electron chi connectivity index (χ2n) is 6.08. The number of hydrogen-bond donors (Lipinski definition) is 1. The van der Waals surface area contributed by atoms with E-state index in [-0.39, 0.29) is 17.0 Å². The molecule has 0 radical (unpaired) electrons. The van der Waals surface area contributed by atoms with Crippen LogP contribution < -0.4 is 10.9 Å². The number of carbonyl (C=O) groups is 3. The molecule has 8 nitrogen and oxygen atoms in total. The fraction of sp³-hybridized carbons (Fsp3) is 0.150. The van der Waals surface area contributed by atoms with Crippen LogP contribution in [-0.2, 0) is 16.6 Å². The summed E-state index contributed by atoms with van der Waals surface area (Å²) in [5, 5.41) is 7.22. The van der Waals surface area contributed by atoms with E-state index in [1.54, 1.807) is 48.5 Å². The third kappa shape index (κ3) is 3.96. The predicted molar refractivity (Wildman–Crippen MR) is 102 cm³/mol. The van der Waals surface area contributed by atoms with E-state index in [9.17, 15) is 19.2 Å². The Morgan fingerprint density at radius 1 is 1.04 bits per heavy atom. The van der Waals surface area contributed by atoms with E-state index in [1.165, 1.54) is 14.0 Å². The summed E-state index contributed by atoms with van der Waals surface area (Å²) in [5.41, 5.74) is 0.615. The zero-order chi connectivity index (χ0) is 20.3. The van der Waals surface area contributed by atoms with Gasteiger partial charge in [-0.2, -0.15) is 5.10 Å². The number of benzene rings is 2. The fourth-order valence-electron chi connectivity index (χ4n) is 2.64. The summed E-state index contributed by atoms with van der Waals surface area (Å²) in [6.07, 6.45) is 0. The molecule has 0 aliphatic rings. The highest BCUT2D eigenvalue weighted by molar-refractivity contribution is 6.03. The van der Waals surface area contributed by atoms with Gasteiger partial charge in [0.2, 0.25) is 0 Å². The molecule has 8 heteroatoms. The molecule has 28 heavy (non-hydrogen) atoms. The number of anilines is 1. The number of amides is 1. The van der Waals surface area contributed by atoms with Crippen molar-refractivity contribution in [2.75, 3.05) is 11.9 Å². The molecule has 0 bridgehead atoms. The van der Waals surface area contributed by atoms with Crippen LogP contribution >= 0.6 is 0 Å². The van der Waals surface area contributed by atoms with Gasteiger partial charge in [0.1, 0.15) is 0 Å². The number of fused-ring (bicyclic) bond motifs is 1. The van der Waals surface area contributed by atoms with Crippen LogP contribution in [0.25, 0.3) is 10.8 Å². The molecule has 0 spiro atoms. The molecule has 3 aromatic rings. The predicted octanol–water partition coefficient (Wildman–Crippen LogP) is 1.93. The van der Waals surface area contributed by atoms with Crippen molar-refractivity contribution in [1.29, 1.82) is 0 Å². The molecule has 2 aromatic carbocycles. The number of ketones is 1. The van der Waals surface area contributed by atoms with Crippen molar-refractivity contribution in [3.05, 3.63) is 70.1 Å². The monoisotopic (exact) mass is 379 g/mol. The Hall–Kier alpha value is -3.81. The average Bonchev–Trinajstić information content (AvgIpc) is 2.69. The number of ether oxygens (including phenoxy) is 1. The SMILES string of the molecule is CC(=O)c1ccc(NC(=O)COC(=O)c2nn(C)c(=O)c3ccccc23)cc1. The van der Waals surface area contributed by atoms with Gasteiger partial charge in [-0.15, -0.1) is 0 Å². The van der Waals surface area contributed by atoms with Gasteiger partial charge in [0.15, 0.2) is 18.1 Å². The third-order valence-electron chi connectivity index (χ3n) is 4.06. The molecular weight excluding hydrogens is 362 g/mol. The number of Topliss-reactive ketones (excluding diaryl/α,β-unsaturated/α-hetero) is 1. The first-order valence-corrected chi connectivity index (χ1v) is 8.41. The number of aryl methyl sites for hydroxylation is 1. The van der Waals surface area contributed by atoms with E-state index < -0.39 is 18.5 Å². The number of nitrogens with one attached hydrogen (secondary N) is 1. The Morgan fingerprint density at radius 2 is 1.68 bits per heavy atom. The first-order chi connectivity index (χ1) is 13.4. The van der Waals surface area contributed by atoms with Crippen molar-refractivity contribution in [2.24, 2.45) is 7.05 Å². The molecule has 0 saturated heterocycles. The maximum absolute atomic E-state index is 12.4. The molecular formula is C20H17N3O5. The summed E-state index contributed by atoms with van der Waals surface area (Å²) in [4.78, 5) is 47.8. The van der Waals surface area contributed by atoms with Crippen molar-refractivity contribution in [1.82, 2.24) is 9.78 Å². The first-order valence-electron chi connectivity index (χ1n) is 8.41. The molecule has 0 fully saturated rings. The van der Waals surface area contributed by atoms with Crippen molar-refractivity contribution in [3.8, 4) is 0 Å². The standard InChI is InChI=1S/C20H17N3O5/c1-12(24)13-7-9-14(10-8-13)21-17(25)11-28-20(27)18-15-5-3-4-6-16(15)19(26)23(2)22-18/h3-10H,11H2,1-2H3,(H,21,25). The summed E-state index contributed by atoms with van der Waals surface area (Å²) < 4.78 is 6.10. The van der Waals surface area contributed by atoms with Crippen molar-refractivity contribution in [2.45, 2.75) is 6.92 Å². The normalized spacial score (nSPS) is 10.5. The zero-order valence-corrected chi connectivity index (χ0v) is 15.3. The van der Waals surface area contributed by atoms with Crippen molar-refractivity contribution >= 4 is 34.1 Å². The largest absolute Gasteiger partial charge is 0.451 e. The summed E-state index contributed by atoms with van der Waals surface area (Å²) >= 11 is 0. The Kier molecular flexibility index (Phi) is 5.30. The molecule has 0 aliphatic heterocycles. The number of esters is 1. The van der Waals surface area contributed by atoms with Gasteiger partial charge < -0.3 is 10.1 Å². The van der Waals surface area contributed by atoms with E-state index in [0.29, 0.717) is 22.0 Å². The lowest BCUT2D eigenvalue weighted by atomic mass is 10.1. The van der Waals surface area contributed by atoms with Crippen LogP contribution in [0.4, 0.5) is 5.69 Å². The average molecular weight is 379 g/mol. The number of hydrogen-bond acceptors (Lipinski definition) is 6. The molecule has 0 atom stereocenters. The Bertz CT molecular complexity index is 1130. The van der Waals surface area contributed by atoms with Crippen LogP contribution in [0, 0.1) is 0 Å². The lowest BCUT2D eigenvalue weighted by molar-refractivity contribution is -0.119. The zero-order valence-electron chi connectivity index (χ0n) is 15.3. The molecule has 1 amide bonds. The maximum Gasteiger partial charge on any atom is 0.359 e. The molecule has 1 heterocycles. The third-order valence-corrected chi connectivity index (χ3v) is 4.06. The first kappa shape index (κ1) is 19.0. The maximum atomic E-state index is 12.4. The molecule has 0 unspecified atom stereocenters. The smallest absolute Gasteiger partial charge is 0.359 e. The van der Waals surface area contributed by atoms with Gasteiger partial charge in [0, 0.05) is 23.7 Å². The quantitative estimate of drug-likeness (QED) is 0.536. The van der Waals surface area contributed by atoms with Gasteiger partial charge >= 0.3 is 5.97 Å². The Labute approximate surface area is 159 Å². The molecule has 0 saturated carbocycles. The minimum Gasteiger partial charge on any atom is -0.451 e. The van der Waals surface area contributed by atoms with Gasteiger partial charge in [-0.1, -0.05) is 18.2 Å². The fourth-order valence-corrected chi connectivity index (χ4v) is 2.64. The van der Waals surface area contributed by atoms with Crippen LogP contribution in [0.15, 0.2) is 53.3 Å². The van der Waals surface area contributed by atoms with E-state index >= 15 is 0 Å². The number of carbonyl (C=O) groups excluding carboxylic acids is 3. The molecule has 1 aromatic heterocycles.